The van der Waals surface area contributed by atoms with Gasteiger partial charge in [-0.25, -0.2) is 9.29 Å². The number of piperidine rings is 1. The maximum atomic E-state index is 13.9. The van der Waals surface area contributed by atoms with E-state index in [9.17, 15) is 14.0 Å². The van der Waals surface area contributed by atoms with E-state index >= 15 is 0 Å². The number of amides is 2. The molecule has 4 rings (SSSR count). The Balaban J connectivity index is 1.75. The molecule has 33 heavy (non-hydrogen) atoms. The summed E-state index contributed by atoms with van der Waals surface area (Å²) in [5, 5.41) is 0. The Morgan fingerprint density at radius 1 is 1.00 bits per heavy atom. The summed E-state index contributed by atoms with van der Waals surface area (Å²) >= 11 is 0. The second-order valence-corrected chi connectivity index (χ2v) is 9.73. The van der Waals surface area contributed by atoms with Crippen LogP contribution in [-0.2, 0) is 9.59 Å². The van der Waals surface area contributed by atoms with E-state index in [1.807, 2.05) is 29.2 Å². The van der Waals surface area contributed by atoms with Crippen LogP contribution in [0.15, 0.2) is 54.2 Å². The van der Waals surface area contributed by atoms with Crippen LogP contribution in [0.25, 0.3) is 5.57 Å². The van der Waals surface area contributed by atoms with Gasteiger partial charge in [-0.2, -0.15) is 0 Å². The van der Waals surface area contributed by atoms with Gasteiger partial charge in [-0.1, -0.05) is 45.9 Å². The van der Waals surface area contributed by atoms with E-state index in [4.69, 9.17) is 4.74 Å². The van der Waals surface area contributed by atoms with Crippen LogP contribution in [0.5, 0.6) is 5.75 Å². The maximum Gasteiger partial charge on any atom is 0.282 e. The molecule has 1 saturated heterocycles. The number of carbonyl (C=O) groups is 2. The molecule has 2 aliphatic heterocycles. The Bertz CT molecular complexity index is 1070. The van der Waals surface area contributed by atoms with Crippen molar-refractivity contribution in [1.82, 2.24) is 4.90 Å². The Morgan fingerprint density at radius 2 is 1.67 bits per heavy atom. The number of anilines is 1. The maximum absolute atomic E-state index is 13.9. The number of ether oxygens (including phenoxy) is 1. The van der Waals surface area contributed by atoms with Gasteiger partial charge in [0.15, 0.2) is 0 Å². The molecule has 5 nitrogen and oxygen atoms in total. The van der Waals surface area contributed by atoms with E-state index in [0.29, 0.717) is 60.0 Å². The van der Waals surface area contributed by atoms with Crippen molar-refractivity contribution in [3.05, 3.63) is 65.6 Å². The molecule has 2 amide bonds. The predicted molar refractivity (Wildman–Crippen MR) is 127 cm³/mol. The minimum Gasteiger partial charge on any atom is -0.493 e. The summed E-state index contributed by atoms with van der Waals surface area (Å²) in [6.07, 6.45) is 1.08. The molecule has 0 radical (unpaired) electrons. The van der Waals surface area contributed by atoms with Crippen LogP contribution < -0.4 is 9.64 Å². The molecule has 2 unspecified atom stereocenters. The van der Waals surface area contributed by atoms with E-state index in [1.165, 1.54) is 18.2 Å². The number of imide groups is 1. The SMILES string of the molecule is CC(C)COc1ccc(C2=C(N3CC(C)CC(C)C3)C(=O)N(c3cccc(F)c3)C2=O)cc1. The molecule has 2 aliphatic rings. The summed E-state index contributed by atoms with van der Waals surface area (Å²) in [5.41, 5.74) is 1.66. The lowest BCUT2D eigenvalue weighted by atomic mass is 9.91. The van der Waals surface area contributed by atoms with Crippen molar-refractivity contribution in [2.24, 2.45) is 17.8 Å². The van der Waals surface area contributed by atoms with Gasteiger partial charge in [0.05, 0.1) is 17.9 Å². The number of hydrogen-bond donors (Lipinski definition) is 0. The van der Waals surface area contributed by atoms with Crippen molar-refractivity contribution in [2.75, 3.05) is 24.6 Å². The van der Waals surface area contributed by atoms with E-state index in [0.717, 1.165) is 11.3 Å². The minimum atomic E-state index is -0.491. The molecule has 2 aromatic carbocycles. The number of benzene rings is 2. The smallest absolute Gasteiger partial charge is 0.282 e. The zero-order valence-corrected chi connectivity index (χ0v) is 19.7. The average molecular weight is 451 g/mol. The molecule has 2 atom stereocenters. The van der Waals surface area contributed by atoms with Gasteiger partial charge >= 0.3 is 0 Å². The summed E-state index contributed by atoms with van der Waals surface area (Å²) in [6, 6.07) is 12.9. The molecule has 6 heteroatoms. The van der Waals surface area contributed by atoms with E-state index in [1.54, 1.807) is 6.07 Å². The summed E-state index contributed by atoms with van der Waals surface area (Å²) in [4.78, 5) is 30.4. The molecule has 2 aromatic rings. The number of likely N-dealkylation sites (tertiary alicyclic amines) is 1. The van der Waals surface area contributed by atoms with Gasteiger partial charge in [0.1, 0.15) is 17.3 Å². The minimum absolute atomic E-state index is 0.243. The van der Waals surface area contributed by atoms with Crippen LogP contribution in [0.1, 0.15) is 39.7 Å². The first kappa shape index (κ1) is 23.0. The van der Waals surface area contributed by atoms with E-state index < -0.39 is 17.6 Å². The monoisotopic (exact) mass is 450 g/mol. The molecule has 0 spiro atoms. The van der Waals surface area contributed by atoms with Crippen LogP contribution >= 0.6 is 0 Å². The standard InChI is InChI=1S/C27H31FN2O3/c1-17(2)16-33-23-10-8-20(9-11-23)24-25(29-14-18(3)12-19(4)15-29)27(32)30(26(24)31)22-7-5-6-21(28)13-22/h5-11,13,17-19H,12,14-16H2,1-4H3. The summed E-state index contributed by atoms with van der Waals surface area (Å²) in [6.45, 7) is 10.5. The van der Waals surface area contributed by atoms with E-state index in [2.05, 4.69) is 27.7 Å². The third-order valence-electron chi connectivity index (χ3n) is 6.04. The Hall–Kier alpha value is -3.15. The second-order valence-electron chi connectivity index (χ2n) is 9.73. The van der Waals surface area contributed by atoms with Gasteiger partial charge < -0.3 is 9.64 Å². The lowest BCUT2D eigenvalue weighted by Gasteiger charge is -2.37. The molecular formula is C27H31FN2O3. The van der Waals surface area contributed by atoms with Crippen molar-refractivity contribution in [1.29, 1.82) is 0 Å². The molecule has 0 N–H and O–H groups in total. The van der Waals surface area contributed by atoms with Gasteiger partial charge in [-0.05, 0) is 60.1 Å². The summed E-state index contributed by atoms with van der Waals surface area (Å²) < 4.78 is 19.7. The normalized spacial score (nSPS) is 21.4. The Morgan fingerprint density at radius 3 is 2.27 bits per heavy atom. The lowest BCUT2D eigenvalue weighted by molar-refractivity contribution is -0.120. The molecule has 174 valence electrons. The fourth-order valence-corrected chi connectivity index (χ4v) is 4.75. The van der Waals surface area contributed by atoms with Crippen LogP contribution in [0.2, 0.25) is 0 Å². The van der Waals surface area contributed by atoms with Crippen LogP contribution in [0.4, 0.5) is 10.1 Å². The second kappa shape index (κ2) is 9.38. The van der Waals surface area contributed by atoms with Crippen LogP contribution in [0.3, 0.4) is 0 Å². The van der Waals surface area contributed by atoms with Crippen LogP contribution in [0, 0.1) is 23.6 Å². The fraction of sp³-hybridized carbons (Fsp3) is 0.407. The molecule has 0 bridgehead atoms. The summed E-state index contributed by atoms with van der Waals surface area (Å²) in [7, 11) is 0. The highest BCUT2D eigenvalue weighted by molar-refractivity contribution is 6.45. The third kappa shape index (κ3) is 4.80. The third-order valence-corrected chi connectivity index (χ3v) is 6.04. The topological polar surface area (TPSA) is 49.9 Å². The first-order valence-electron chi connectivity index (χ1n) is 11.6. The van der Waals surface area contributed by atoms with Gasteiger partial charge in [0.2, 0.25) is 0 Å². The summed E-state index contributed by atoms with van der Waals surface area (Å²) in [5.74, 6) is 0.602. The molecule has 2 heterocycles. The molecular weight excluding hydrogens is 419 g/mol. The Labute approximate surface area is 194 Å². The zero-order chi connectivity index (χ0) is 23.7. The molecule has 0 aliphatic carbocycles. The number of nitrogens with zero attached hydrogens (tertiary/aromatic N) is 2. The highest BCUT2D eigenvalue weighted by Crippen LogP contribution is 2.37. The highest BCUT2D eigenvalue weighted by atomic mass is 19.1. The number of carbonyl (C=O) groups excluding carboxylic acids is 2. The van der Waals surface area contributed by atoms with Crippen LogP contribution in [-0.4, -0.2) is 36.4 Å². The average Bonchev–Trinajstić information content (AvgIpc) is 3.02. The van der Waals surface area contributed by atoms with Crippen molar-refractivity contribution in [2.45, 2.75) is 34.1 Å². The zero-order valence-electron chi connectivity index (χ0n) is 19.7. The fourth-order valence-electron chi connectivity index (χ4n) is 4.75. The number of hydrogen-bond acceptors (Lipinski definition) is 4. The van der Waals surface area contributed by atoms with Crippen molar-refractivity contribution in [3.63, 3.8) is 0 Å². The largest absolute Gasteiger partial charge is 0.493 e. The van der Waals surface area contributed by atoms with Crippen molar-refractivity contribution in [3.8, 4) is 5.75 Å². The Kier molecular flexibility index (Phi) is 6.54. The number of rotatable bonds is 6. The lowest BCUT2D eigenvalue weighted by Crippen LogP contribution is -2.42. The van der Waals surface area contributed by atoms with Gasteiger partial charge in [-0.15, -0.1) is 0 Å². The molecule has 0 aromatic heterocycles. The molecule has 0 saturated carbocycles. The van der Waals surface area contributed by atoms with E-state index in [-0.39, 0.29) is 5.69 Å². The van der Waals surface area contributed by atoms with Crippen molar-refractivity contribution >= 4 is 23.1 Å². The van der Waals surface area contributed by atoms with Gasteiger partial charge in [0.25, 0.3) is 11.8 Å². The first-order chi connectivity index (χ1) is 15.7. The quantitative estimate of drug-likeness (QED) is 0.573. The van der Waals surface area contributed by atoms with Crippen molar-refractivity contribution < 1.29 is 18.7 Å². The predicted octanol–water partition coefficient (Wildman–Crippen LogP) is 5.12. The first-order valence-corrected chi connectivity index (χ1v) is 11.6. The van der Waals surface area contributed by atoms with Gasteiger partial charge in [-0.3, -0.25) is 9.59 Å². The number of halogens is 1. The van der Waals surface area contributed by atoms with Gasteiger partial charge in [0, 0.05) is 13.1 Å². The highest BCUT2D eigenvalue weighted by Gasteiger charge is 2.43. The molecule has 1 fully saturated rings.